The van der Waals surface area contributed by atoms with Crippen LogP contribution in [0.2, 0.25) is 0 Å². The molecule has 7 nitrogen and oxygen atoms in total. The lowest BCUT2D eigenvalue weighted by Crippen LogP contribution is -2.28. The van der Waals surface area contributed by atoms with Crippen LogP contribution in [-0.2, 0) is 4.79 Å². The van der Waals surface area contributed by atoms with Gasteiger partial charge in [0.25, 0.3) is 5.91 Å². The van der Waals surface area contributed by atoms with Crippen LogP contribution in [0.5, 0.6) is 0 Å². The summed E-state index contributed by atoms with van der Waals surface area (Å²) < 4.78 is 0. The van der Waals surface area contributed by atoms with Crippen LogP contribution in [0, 0.1) is 13.8 Å². The van der Waals surface area contributed by atoms with Crippen LogP contribution in [0.25, 0.3) is 0 Å². The van der Waals surface area contributed by atoms with Gasteiger partial charge in [0.15, 0.2) is 5.78 Å². The van der Waals surface area contributed by atoms with Crippen molar-refractivity contribution in [1.29, 1.82) is 0 Å². The van der Waals surface area contributed by atoms with Crippen molar-refractivity contribution < 1.29 is 14.4 Å². The summed E-state index contributed by atoms with van der Waals surface area (Å²) in [5, 5.41) is 5.31. The number of aromatic nitrogens is 2. The zero-order valence-corrected chi connectivity index (χ0v) is 13.9. The Morgan fingerprint density at radius 3 is 2.54 bits per heavy atom. The fraction of sp³-hybridized carbons (Fsp3) is 0.294. The van der Waals surface area contributed by atoms with E-state index in [0.717, 1.165) is 0 Å². The molecule has 2 amide bonds. The number of anilines is 1. The van der Waals surface area contributed by atoms with Crippen LogP contribution in [0.4, 0.5) is 5.82 Å². The first-order valence-corrected chi connectivity index (χ1v) is 7.59. The number of H-pyrrole nitrogens is 1. The molecule has 0 fully saturated rings. The number of amides is 2. The summed E-state index contributed by atoms with van der Waals surface area (Å²) in [6, 6.07) is 5.21. The molecule has 0 radical (unpaired) electrons. The summed E-state index contributed by atoms with van der Waals surface area (Å²) in [4.78, 5) is 42.5. The highest BCUT2D eigenvalue weighted by atomic mass is 16.2. The quantitative estimate of drug-likeness (QED) is 0.705. The Labute approximate surface area is 139 Å². The lowest BCUT2D eigenvalue weighted by Gasteiger charge is -2.06. The number of pyridine rings is 1. The molecule has 2 aromatic heterocycles. The molecule has 0 saturated carbocycles. The van der Waals surface area contributed by atoms with E-state index in [2.05, 4.69) is 20.6 Å². The normalized spacial score (nSPS) is 10.3. The molecule has 3 N–H and O–H groups in total. The molecule has 24 heavy (non-hydrogen) atoms. The van der Waals surface area contributed by atoms with Gasteiger partial charge in [-0.2, -0.15) is 0 Å². The molecular weight excluding hydrogens is 308 g/mol. The summed E-state index contributed by atoms with van der Waals surface area (Å²) in [6.07, 6.45) is 1.71. The summed E-state index contributed by atoms with van der Waals surface area (Å²) in [7, 11) is 0. The fourth-order valence-electron chi connectivity index (χ4n) is 2.53. The summed E-state index contributed by atoms with van der Waals surface area (Å²) in [5.41, 5.74) is 2.17. The fourth-order valence-corrected chi connectivity index (χ4v) is 2.53. The van der Waals surface area contributed by atoms with E-state index in [1.807, 2.05) is 0 Å². The average molecular weight is 328 g/mol. The van der Waals surface area contributed by atoms with Crippen LogP contribution < -0.4 is 10.6 Å². The molecule has 2 heterocycles. The second-order valence-electron chi connectivity index (χ2n) is 5.45. The molecule has 0 aromatic carbocycles. The average Bonchev–Trinajstić information content (AvgIpc) is 2.83. The number of ketones is 1. The number of hydrogen-bond donors (Lipinski definition) is 3. The molecule has 7 heteroatoms. The predicted molar refractivity (Wildman–Crippen MR) is 90.1 cm³/mol. The zero-order valence-electron chi connectivity index (χ0n) is 13.9. The first-order valence-electron chi connectivity index (χ1n) is 7.59. The number of aryl methyl sites for hydroxylation is 1. The van der Waals surface area contributed by atoms with Crippen LogP contribution in [0.15, 0.2) is 24.4 Å². The minimum absolute atomic E-state index is 0.0879. The number of nitrogens with one attached hydrogen (secondary N) is 3. The van der Waals surface area contributed by atoms with E-state index in [-0.39, 0.29) is 30.6 Å². The number of carbonyl (C=O) groups excluding carboxylic acids is 3. The second kappa shape index (κ2) is 7.54. The summed E-state index contributed by atoms with van der Waals surface area (Å²) in [5.74, 6) is -0.197. The van der Waals surface area contributed by atoms with Crippen LogP contribution in [0.1, 0.15) is 45.4 Å². The maximum atomic E-state index is 12.2. The molecule has 0 aliphatic heterocycles. The van der Waals surface area contributed by atoms with E-state index in [1.54, 1.807) is 38.2 Å². The van der Waals surface area contributed by atoms with Crippen LogP contribution in [0.3, 0.4) is 0 Å². The molecular formula is C17H20N4O3. The largest absolute Gasteiger partial charge is 0.354 e. The number of hydrogen-bond acceptors (Lipinski definition) is 4. The number of rotatable bonds is 6. The molecule has 2 aromatic rings. The molecule has 0 bridgehead atoms. The van der Waals surface area contributed by atoms with Crippen molar-refractivity contribution >= 4 is 23.4 Å². The van der Waals surface area contributed by atoms with Gasteiger partial charge in [0.05, 0.1) is 0 Å². The Hall–Kier alpha value is -2.96. The molecule has 0 atom stereocenters. The number of aromatic amines is 1. The van der Waals surface area contributed by atoms with E-state index in [1.165, 1.54) is 6.92 Å². The number of Topliss-reactive ketones (excluding diaryl/α,β-unsaturated/α-hetero) is 1. The highest BCUT2D eigenvalue weighted by Gasteiger charge is 2.19. The number of nitrogens with zero attached hydrogens (tertiary/aromatic N) is 1. The molecule has 0 aliphatic rings. The first kappa shape index (κ1) is 17.4. The Morgan fingerprint density at radius 1 is 1.21 bits per heavy atom. The van der Waals surface area contributed by atoms with Gasteiger partial charge in [0, 0.05) is 30.4 Å². The van der Waals surface area contributed by atoms with Gasteiger partial charge in [0.2, 0.25) is 5.91 Å². The smallest absolute Gasteiger partial charge is 0.268 e. The van der Waals surface area contributed by atoms with Gasteiger partial charge in [0.1, 0.15) is 11.5 Å². The minimum atomic E-state index is -0.339. The second-order valence-corrected chi connectivity index (χ2v) is 5.45. The third kappa shape index (κ3) is 4.07. The van der Waals surface area contributed by atoms with Crippen molar-refractivity contribution in [2.45, 2.75) is 27.2 Å². The standard InChI is InChI=1S/C17H20N4O3/c1-10-15(12(3)22)11(2)20-16(10)17(24)19-9-7-14(23)21-13-6-4-5-8-18-13/h4-6,8,20H,7,9H2,1-3H3,(H,19,24)(H,18,21,23). The van der Waals surface area contributed by atoms with Crippen molar-refractivity contribution in [2.75, 3.05) is 11.9 Å². The third-order valence-corrected chi connectivity index (χ3v) is 3.59. The third-order valence-electron chi connectivity index (χ3n) is 3.59. The van der Waals surface area contributed by atoms with Crippen molar-refractivity contribution in [2.24, 2.45) is 0 Å². The van der Waals surface area contributed by atoms with Crippen molar-refractivity contribution in [3.63, 3.8) is 0 Å². The minimum Gasteiger partial charge on any atom is -0.354 e. The summed E-state index contributed by atoms with van der Waals surface area (Å²) >= 11 is 0. The molecule has 0 saturated heterocycles. The van der Waals surface area contributed by atoms with Crippen molar-refractivity contribution in [1.82, 2.24) is 15.3 Å². The molecule has 0 spiro atoms. The van der Waals surface area contributed by atoms with Crippen molar-refractivity contribution in [3.05, 3.63) is 46.9 Å². The van der Waals surface area contributed by atoms with Gasteiger partial charge in [-0.05, 0) is 38.5 Å². The highest BCUT2D eigenvalue weighted by Crippen LogP contribution is 2.18. The van der Waals surface area contributed by atoms with E-state index in [0.29, 0.717) is 28.3 Å². The lowest BCUT2D eigenvalue weighted by atomic mass is 10.1. The monoisotopic (exact) mass is 328 g/mol. The van der Waals surface area contributed by atoms with Gasteiger partial charge in [-0.15, -0.1) is 0 Å². The van der Waals surface area contributed by atoms with E-state index < -0.39 is 0 Å². The van der Waals surface area contributed by atoms with E-state index in [4.69, 9.17) is 0 Å². The van der Waals surface area contributed by atoms with Gasteiger partial charge < -0.3 is 15.6 Å². The molecule has 0 aliphatic carbocycles. The maximum Gasteiger partial charge on any atom is 0.268 e. The molecule has 2 rings (SSSR count). The van der Waals surface area contributed by atoms with Gasteiger partial charge in [-0.3, -0.25) is 14.4 Å². The zero-order chi connectivity index (χ0) is 17.7. The van der Waals surface area contributed by atoms with Crippen LogP contribution >= 0.6 is 0 Å². The Bertz CT molecular complexity index is 766. The Balaban J connectivity index is 1.89. The van der Waals surface area contributed by atoms with Gasteiger partial charge >= 0.3 is 0 Å². The Kier molecular flexibility index (Phi) is 5.47. The number of carbonyl (C=O) groups is 3. The van der Waals surface area contributed by atoms with Gasteiger partial charge in [-0.25, -0.2) is 4.98 Å². The summed E-state index contributed by atoms with van der Waals surface area (Å²) in [6.45, 7) is 5.13. The maximum absolute atomic E-state index is 12.2. The highest BCUT2D eigenvalue weighted by molar-refractivity contribution is 6.02. The van der Waals surface area contributed by atoms with Crippen molar-refractivity contribution in [3.8, 4) is 0 Å². The first-order chi connectivity index (χ1) is 11.4. The lowest BCUT2D eigenvalue weighted by molar-refractivity contribution is -0.116. The Morgan fingerprint density at radius 2 is 1.96 bits per heavy atom. The topological polar surface area (TPSA) is 104 Å². The van der Waals surface area contributed by atoms with Gasteiger partial charge in [-0.1, -0.05) is 6.07 Å². The van der Waals surface area contributed by atoms with E-state index >= 15 is 0 Å². The SMILES string of the molecule is CC(=O)c1c(C)[nH]c(C(=O)NCCC(=O)Nc2ccccn2)c1C. The predicted octanol–water partition coefficient (Wildman–Crippen LogP) is 1.99. The molecule has 0 unspecified atom stereocenters. The van der Waals surface area contributed by atoms with E-state index in [9.17, 15) is 14.4 Å². The van der Waals surface area contributed by atoms with Crippen LogP contribution in [-0.4, -0.2) is 34.1 Å². The molecule has 126 valence electrons.